The minimum absolute atomic E-state index is 0.0205. The summed E-state index contributed by atoms with van der Waals surface area (Å²) in [5, 5.41) is 11.9. The normalized spacial score (nSPS) is 15.5. The van der Waals surface area contributed by atoms with Crippen LogP contribution in [0.4, 0.5) is 21.7 Å². The number of hydrogen-bond acceptors (Lipinski definition) is 6. The number of rotatable bonds is 9. The van der Waals surface area contributed by atoms with Crippen molar-refractivity contribution >= 4 is 34.1 Å². The van der Waals surface area contributed by atoms with Crippen molar-refractivity contribution in [3.05, 3.63) is 41.3 Å². The summed E-state index contributed by atoms with van der Waals surface area (Å²) < 4.78 is 16.7. The van der Waals surface area contributed by atoms with Gasteiger partial charge in [0, 0.05) is 29.7 Å². The summed E-state index contributed by atoms with van der Waals surface area (Å²) in [7, 11) is 0. The molecule has 9 heteroatoms. The molecule has 2 heterocycles. The number of nitrogens with two attached hydrogens (primary N) is 2. The minimum atomic E-state index is -0.761. The van der Waals surface area contributed by atoms with E-state index in [0.29, 0.717) is 11.6 Å². The number of nitrogens with zero attached hydrogens (tertiary/aromatic N) is 3. The molecule has 170 valence electrons. The Morgan fingerprint density at radius 2 is 2.06 bits per heavy atom. The molecular formula is C23H30FN7O. The third-order valence-electron chi connectivity index (χ3n) is 5.98. The molecule has 32 heavy (non-hydrogen) atoms. The van der Waals surface area contributed by atoms with Gasteiger partial charge >= 0.3 is 0 Å². The van der Waals surface area contributed by atoms with Crippen molar-refractivity contribution in [2.24, 2.45) is 17.4 Å². The van der Waals surface area contributed by atoms with Gasteiger partial charge in [0.2, 0.25) is 0 Å². The topological polar surface area (TPSA) is 124 Å². The van der Waals surface area contributed by atoms with Crippen LogP contribution >= 0.6 is 0 Å². The van der Waals surface area contributed by atoms with Gasteiger partial charge in [-0.25, -0.2) is 9.37 Å². The molecule has 6 N–H and O–H groups in total. The number of amides is 1. The molecule has 1 aliphatic carbocycles. The average Bonchev–Trinajstić information content (AvgIpc) is 3.51. The highest BCUT2D eigenvalue weighted by Crippen LogP contribution is 2.35. The number of carbonyl (C=O) groups excluding carboxylic acids is 1. The van der Waals surface area contributed by atoms with Crippen LogP contribution in [0.25, 0.3) is 10.9 Å². The molecule has 1 saturated carbocycles. The molecule has 0 spiro atoms. The molecule has 3 aromatic rings. The number of fused-ring (bicyclic) bond motifs is 1. The molecule has 0 bridgehead atoms. The highest BCUT2D eigenvalue weighted by molar-refractivity contribution is 5.99. The molecule has 1 aliphatic rings. The van der Waals surface area contributed by atoms with Gasteiger partial charge in [-0.05, 0) is 57.4 Å². The Balaban J connectivity index is 1.68. The smallest absolute Gasteiger partial charge is 0.252 e. The van der Waals surface area contributed by atoms with Gasteiger partial charge in [0.15, 0.2) is 11.6 Å². The number of aryl methyl sites for hydroxylation is 2. The van der Waals surface area contributed by atoms with Crippen LogP contribution in [0.15, 0.2) is 24.3 Å². The number of aromatic nitrogens is 3. The zero-order valence-electron chi connectivity index (χ0n) is 18.7. The number of primary amides is 1. The maximum Gasteiger partial charge on any atom is 0.252 e. The van der Waals surface area contributed by atoms with Crippen LogP contribution in [0.5, 0.6) is 0 Å². The number of pyridine rings is 1. The summed E-state index contributed by atoms with van der Waals surface area (Å²) in [5.74, 6) is -0.544. The zero-order chi connectivity index (χ0) is 23.0. The Labute approximate surface area is 186 Å². The van der Waals surface area contributed by atoms with Gasteiger partial charge in [-0.15, -0.1) is 0 Å². The van der Waals surface area contributed by atoms with Gasteiger partial charge in [-0.3, -0.25) is 9.48 Å². The molecule has 1 fully saturated rings. The van der Waals surface area contributed by atoms with E-state index in [2.05, 4.69) is 20.7 Å². The maximum absolute atomic E-state index is 14.8. The van der Waals surface area contributed by atoms with Crippen LogP contribution < -0.4 is 22.1 Å². The summed E-state index contributed by atoms with van der Waals surface area (Å²) in [5.41, 5.74) is 14.2. The monoisotopic (exact) mass is 439 g/mol. The van der Waals surface area contributed by atoms with E-state index in [4.69, 9.17) is 11.5 Å². The van der Waals surface area contributed by atoms with Crippen molar-refractivity contribution in [2.45, 2.75) is 58.7 Å². The first-order valence-electron chi connectivity index (χ1n) is 11.0. The summed E-state index contributed by atoms with van der Waals surface area (Å²) in [6.07, 6.45) is 3.20. The predicted octanol–water partition coefficient (Wildman–Crippen LogP) is 3.67. The van der Waals surface area contributed by atoms with Crippen LogP contribution in [0.1, 0.15) is 49.2 Å². The van der Waals surface area contributed by atoms with Gasteiger partial charge in [0.25, 0.3) is 5.91 Å². The lowest BCUT2D eigenvalue weighted by Gasteiger charge is -2.24. The van der Waals surface area contributed by atoms with Crippen molar-refractivity contribution in [3.63, 3.8) is 0 Å². The molecule has 2 aromatic heterocycles. The minimum Gasteiger partial charge on any atom is -0.365 e. The number of benzene rings is 1. The fourth-order valence-electron chi connectivity index (χ4n) is 3.96. The van der Waals surface area contributed by atoms with Crippen molar-refractivity contribution < 1.29 is 9.18 Å². The maximum atomic E-state index is 14.8. The zero-order valence-corrected chi connectivity index (χ0v) is 18.7. The first-order chi connectivity index (χ1) is 15.3. The average molecular weight is 440 g/mol. The SMILES string of the molecule is CCn1nc(C)c2ccc(Nc3nc(N[C@H](CC4CC4)[C@H](C)N)c(F)cc3C(N)=O)cc21. The molecule has 2 atom stereocenters. The predicted molar refractivity (Wildman–Crippen MR) is 125 cm³/mol. The van der Waals surface area contributed by atoms with Gasteiger partial charge in [-0.2, -0.15) is 5.10 Å². The molecule has 0 aliphatic heterocycles. The molecule has 4 rings (SSSR count). The van der Waals surface area contributed by atoms with Crippen LogP contribution in [0, 0.1) is 18.7 Å². The van der Waals surface area contributed by atoms with Gasteiger partial charge in [0.05, 0.1) is 16.8 Å². The second-order valence-corrected chi connectivity index (χ2v) is 8.63. The highest BCUT2D eigenvalue weighted by Gasteiger charge is 2.28. The van der Waals surface area contributed by atoms with Crippen molar-refractivity contribution in [2.75, 3.05) is 10.6 Å². The number of hydrogen-bond donors (Lipinski definition) is 4. The van der Waals surface area contributed by atoms with Gasteiger partial charge < -0.3 is 22.1 Å². The van der Waals surface area contributed by atoms with Crippen molar-refractivity contribution in [3.8, 4) is 0 Å². The number of anilines is 3. The van der Waals surface area contributed by atoms with Crippen LogP contribution in [-0.4, -0.2) is 32.8 Å². The summed E-state index contributed by atoms with van der Waals surface area (Å²) >= 11 is 0. The highest BCUT2D eigenvalue weighted by atomic mass is 19.1. The van der Waals surface area contributed by atoms with Gasteiger partial charge in [0.1, 0.15) is 5.82 Å². The lowest BCUT2D eigenvalue weighted by atomic mass is 10.0. The Hall–Kier alpha value is -3.20. The standard InChI is InChI=1S/C23H30FN7O/c1-4-31-20-10-15(7-8-16(20)13(3)30-31)27-22-17(21(26)32)11-18(24)23(29-22)28-19(12(2)25)9-14-5-6-14/h7-8,10-12,14,19H,4-6,9,25H2,1-3H3,(H2,26,32)(H2,27,28,29)/t12-,19+/m0/s1. The number of halogens is 1. The van der Waals surface area contributed by atoms with E-state index in [9.17, 15) is 9.18 Å². The second-order valence-electron chi connectivity index (χ2n) is 8.63. The molecule has 8 nitrogen and oxygen atoms in total. The lowest BCUT2D eigenvalue weighted by Crippen LogP contribution is -2.39. The third-order valence-corrected chi connectivity index (χ3v) is 5.98. The van der Waals surface area contributed by atoms with E-state index in [1.54, 1.807) is 0 Å². The second kappa shape index (κ2) is 8.74. The first-order valence-corrected chi connectivity index (χ1v) is 11.0. The Bertz CT molecular complexity index is 1150. The molecule has 0 unspecified atom stereocenters. The third kappa shape index (κ3) is 4.52. The van der Waals surface area contributed by atoms with Crippen LogP contribution in [0.3, 0.4) is 0 Å². The summed E-state index contributed by atoms with van der Waals surface area (Å²) in [6, 6.07) is 6.59. The fraction of sp³-hybridized carbons (Fsp3) is 0.435. The largest absolute Gasteiger partial charge is 0.365 e. The molecule has 0 radical (unpaired) electrons. The van der Waals surface area contributed by atoms with E-state index in [0.717, 1.165) is 35.6 Å². The number of nitrogens with one attached hydrogen (secondary N) is 2. The Morgan fingerprint density at radius 3 is 2.69 bits per heavy atom. The molecule has 1 amide bonds. The molecule has 1 aromatic carbocycles. The molecular weight excluding hydrogens is 409 g/mol. The Kier molecular flexibility index (Phi) is 6.01. The summed E-state index contributed by atoms with van der Waals surface area (Å²) in [4.78, 5) is 16.4. The van der Waals surface area contributed by atoms with Crippen molar-refractivity contribution in [1.29, 1.82) is 0 Å². The quantitative estimate of drug-likeness (QED) is 0.403. The van der Waals surface area contributed by atoms with E-state index < -0.39 is 11.7 Å². The summed E-state index contributed by atoms with van der Waals surface area (Å²) in [6.45, 7) is 6.60. The first kappa shape index (κ1) is 22.0. The van der Waals surface area contributed by atoms with E-state index >= 15 is 0 Å². The van der Waals surface area contributed by atoms with Crippen LogP contribution in [0.2, 0.25) is 0 Å². The Morgan fingerprint density at radius 1 is 1.31 bits per heavy atom. The van der Waals surface area contributed by atoms with E-state index in [-0.39, 0.29) is 29.3 Å². The lowest BCUT2D eigenvalue weighted by molar-refractivity contribution is 0.100. The van der Waals surface area contributed by atoms with Crippen molar-refractivity contribution in [1.82, 2.24) is 14.8 Å². The number of carbonyl (C=O) groups is 1. The fourth-order valence-corrected chi connectivity index (χ4v) is 3.96. The van der Waals surface area contributed by atoms with Crippen LogP contribution in [-0.2, 0) is 6.54 Å². The van der Waals surface area contributed by atoms with E-state index in [1.165, 1.54) is 12.8 Å². The van der Waals surface area contributed by atoms with E-state index in [1.807, 2.05) is 43.7 Å². The van der Waals surface area contributed by atoms with Gasteiger partial charge in [-0.1, -0.05) is 12.8 Å². The molecule has 0 saturated heterocycles.